The lowest BCUT2D eigenvalue weighted by molar-refractivity contribution is -0.227. The molecular formula is C44H88O2. The van der Waals surface area contributed by atoms with Gasteiger partial charge < -0.3 is 9.47 Å². The molecule has 0 aromatic rings. The molecule has 46 heavy (non-hydrogen) atoms. The SMILES string of the molecule is CCCCCCCCCCC1OC(CCCCCCCCCC)C(CCCCCCCCCC)OC1CCCCCCCCCC. The maximum atomic E-state index is 7.15. The third kappa shape index (κ3) is 25.9. The van der Waals surface area contributed by atoms with Gasteiger partial charge in [-0.15, -0.1) is 0 Å². The lowest BCUT2D eigenvalue weighted by atomic mass is 9.93. The number of unbranched alkanes of at least 4 members (excludes halogenated alkanes) is 28. The van der Waals surface area contributed by atoms with Gasteiger partial charge in [-0.2, -0.15) is 0 Å². The van der Waals surface area contributed by atoms with Gasteiger partial charge in [-0.1, -0.05) is 233 Å². The Kier molecular flexibility index (Phi) is 33.2. The van der Waals surface area contributed by atoms with Crippen molar-refractivity contribution in [3.05, 3.63) is 0 Å². The van der Waals surface area contributed by atoms with Crippen molar-refractivity contribution >= 4 is 0 Å². The summed E-state index contributed by atoms with van der Waals surface area (Å²) in [6, 6.07) is 0. The van der Waals surface area contributed by atoms with E-state index in [1.54, 1.807) is 0 Å². The minimum Gasteiger partial charge on any atom is -0.370 e. The summed E-state index contributed by atoms with van der Waals surface area (Å²) in [5, 5.41) is 0. The molecule has 4 unspecified atom stereocenters. The van der Waals surface area contributed by atoms with Gasteiger partial charge in [0.2, 0.25) is 0 Å². The van der Waals surface area contributed by atoms with E-state index in [4.69, 9.17) is 9.47 Å². The maximum Gasteiger partial charge on any atom is 0.0841 e. The van der Waals surface area contributed by atoms with Crippen LogP contribution in [0.4, 0.5) is 0 Å². The van der Waals surface area contributed by atoms with E-state index in [0.29, 0.717) is 24.4 Å². The number of ether oxygens (including phenoxy) is 2. The van der Waals surface area contributed by atoms with E-state index < -0.39 is 0 Å². The molecule has 1 fully saturated rings. The van der Waals surface area contributed by atoms with Crippen LogP contribution in [0, 0.1) is 0 Å². The van der Waals surface area contributed by atoms with Gasteiger partial charge >= 0.3 is 0 Å². The van der Waals surface area contributed by atoms with E-state index in [0.717, 1.165) is 0 Å². The molecule has 0 saturated carbocycles. The Balaban J connectivity index is 2.64. The van der Waals surface area contributed by atoms with Crippen molar-refractivity contribution in [1.29, 1.82) is 0 Å². The van der Waals surface area contributed by atoms with Crippen molar-refractivity contribution in [3.8, 4) is 0 Å². The molecule has 0 aromatic heterocycles. The molecule has 0 aromatic carbocycles. The van der Waals surface area contributed by atoms with Gasteiger partial charge in [0.05, 0.1) is 24.4 Å². The van der Waals surface area contributed by atoms with Crippen LogP contribution in [0.25, 0.3) is 0 Å². The van der Waals surface area contributed by atoms with Crippen LogP contribution in [-0.4, -0.2) is 24.4 Å². The summed E-state index contributed by atoms with van der Waals surface area (Å²) in [4.78, 5) is 0. The molecule has 1 saturated heterocycles. The summed E-state index contributed by atoms with van der Waals surface area (Å²) >= 11 is 0. The highest BCUT2D eigenvalue weighted by molar-refractivity contribution is 4.85. The molecule has 1 heterocycles. The van der Waals surface area contributed by atoms with Crippen LogP contribution in [-0.2, 0) is 9.47 Å². The second-order valence-corrected chi connectivity index (χ2v) is 15.5. The van der Waals surface area contributed by atoms with Gasteiger partial charge in [0, 0.05) is 0 Å². The molecule has 1 rings (SSSR count). The molecule has 2 heteroatoms. The van der Waals surface area contributed by atoms with Crippen LogP contribution in [0.15, 0.2) is 0 Å². The fourth-order valence-corrected chi connectivity index (χ4v) is 7.73. The molecule has 0 amide bonds. The van der Waals surface area contributed by atoms with Gasteiger partial charge in [-0.3, -0.25) is 0 Å². The minimum atomic E-state index is 0.332. The van der Waals surface area contributed by atoms with Crippen LogP contribution in [0.5, 0.6) is 0 Å². The monoisotopic (exact) mass is 649 g/mol. The second-order valence-electron chi connectivity index (χ2n) is 15.5. The molecule has 2 nitrogen and oxygen atoms in total. The number of hydrogen-bond acceptors (Lipinski definition) is 2. The summed E-state index contributed by atoms with van der Waals surface area (Å²) in [5.74, 6) is 0. The summed E-state index contributed by atoms with van der Waals surface area (Å²) < 4.78 is 14.3. The average molecular weight is 649 g/mol. The van der Waals surface area contributed by atoms with E-state index in [1.165, 1.54) is 231 Å². The molecule has 0 radical (unpaired) electrons. The van der Waals surface area contributed by atoms with E-state index in [2.05, 4.69) is 27.7 Å². The Morgan fingerprint density at radius 3 is 0.543 bits per heavy atom. The smallest absolute Gasteiger partial charge is 0.0841 e. The van der Waals surface area contributed by atoms with E-state index in [1.807, 2.05) is 0 Å². The van der Waals surface area contributed by atoms with Gasteiger partial charge in [-0.25, -0.2) is 0 Å². The summed E-state index contributed by atoms with van der Waals surface area (Å²) in [7, 11) is 0. The minimum absolute atomic E-state index is 0.332. The fraction of sp³-hybridized carbons (Fsp3) is 1.00. The summed E-state index contributed by atoms with van der Waals surface area (Å²) in [6.45, 7) is 9.27. The molecule has 276 valence electrons. The van der Waals surface area contributed by atoms with Gasteiger partial charge in [0.25, 0.3) is 0 Å². The van der Waals surface area contributed by atoms with Crippen molar-refractivity contribution in [2.75, 3.05) is 0 Å². The molecule has 0 aliphatic carbocycles. The van der Waals surface area contributed by atoms with Crippen molar-refractivity contribution in [2.24, 2.45) is 0 Å². The van der Waals surface area contributed by atoms with Crippen molar-refractivity contribution in [2.45, 2.75) is 283 Å². The first-order valence-corrected chi connectivity index (χ1v) is 22.1. The first-order chi connectivity index (χ1) is 22.8. The Bertz CT molecular complexity index is 478. The van der Waals surface area contributed by atoms with Crippen LogP contribution in [0.1, 0.15) is 259 Å². The van der Waals surface area contributed by atoms with Crippen LogP contribution in [0.3, 0.4) is 0 Å². The van der Waals surface area contributed by atoms with E-state index in [-0.39, 0.29) is 0 Å². The average Bonchev–Trinajstić information content (AvgIpc) is 3.07. The second kappa shape index (κ2) is 34.8. The highest BCUT2D eigenvalue weighted by atomic mass is 16.6. The first-order valence-electron chi connectivity index (χ1n) is 22.1. The zero-order chi connectivity index (χ0) is 33.2. The van der Waals surface area contributed by atoms with Crippen LogP contribution >= 0.6 is 0 Å². The summed E-state index contributed by atoms with van der Waals surface area (Å²) in [5.41, 5.74) is 0. The van der Waals surface area contributed by atoms with Gasteiger partial charge in [0.1, 0.15) is 0 Å². The Morgan fingerprint density at radius 2 is 0.370 bits per heavy atom. The normalized spacial score (nSPS) is 20.1. The quantitative estimate of drug-likeness (QED) is 0.0629. The zero-order valence-corrected chi connectivity index (χ0v) is 32.6. The van der Waals surface area contributed by atoms with Gasteiger partial charge in [-0.05, 0) is 25.7 Å². The third-order valence-corrected chi connectivity index (χ3v) is 10.9. The number of hydrogen-bond donors (Lipinski definition) is 0. The first kappa shape index (κ1) is 43.9. The molecule has 1 aliphatic heterocycles. The topological polar surface area (TPSA) is 18.5 Å². The largest absolute Gasteiger partial charge is 0.370 e. The molecule has 0 N–H and O–H groups in total. The lowest BCUT2D eigenvalue weighted by Crippen LogP contribution is -2.49. The summed E-state index contributed by atoms with van der Waals surface area (Å²) in [6.07, 6.45) is 50.8. The molecule has 4 atom stereocenters. The van der Waals surface area contributed by atoms with Crippen LogP contribution in [0.2, 0.25) is 0 Å². The van der Waals surface area contributed by atoms with E-state index in [9.17, 15) is 0 Å². The highest BCUT2D eigenvalue weighted by Crippen LogP contribution is 2.33. The standard InChI is InChI=1S/C44H88O2/c1-5-9-13-17-21-25-29-33-37-41-42(38-34-30-26-22-18-14-10-6-2)46-44(40-36-32-28-24-20-16-12-8-4)43(45-41)39-35-31-27-23-19-15-11-7-3/h41-44H,5-40H2,1-4H3. The van der Waals surface area contributed by atoms with Crippen molar-refractivity contribution in [1.82, 2.24) is 0 Å². The maximum absolute atomic E-state index is 7.15. The lowest BCUT2D eigenvalue weighted by Gasteiger charge is -2.43. The van der Waals surface area contributed by atoms with Crippen molar-refractivity contribution in [3.63, 3.8) is 0 Å². The third-order valence-electron chi connectivity index (χ3n) is 10.9. The molecule has 0 spiro atoms. The predicted octanol–water partition coefficient (Wildman–Crippen LogP) is 15.6. The van der Waals surface area contributed by atoms with Gasteiger partial charge in [0.15, 0.2) is 0 Å². The number of rotatable bonds is 36. The van der Waals surface area contributed by atoms with Crippen LogP contribution < -0.4 is 0 Å². The van der Waals surface area contributed by atoms with E-state index >= 15 is 0 Å². The van der Waals surface area contributed by atoms with Crippen molar-refractivity contribution < 1.29 is 9.47 Å². The highest BCUT2D eigenvalue weighted by Gasteiger charge is 2.37. The Labute approximate surface area is 292 Å². The molecule has 0 bridgehead atoms. The predicted molar refractivity (Wildman–Crippen MR) is 206 cm³/mol. The molecular weight excluding hydrogens is 560 g/mol. The Morgan fingerprint density at radius 1 is 0.217 bits per heavy atom. The molecule has 1 aliphatic rings. The Hall–Kier alpha value is -0.0800. The zero-order valence-electron chi connectivity index (χ0n) is 32.6. The fourth-order valence-electron chi connectivity index (χ4n) is 7.73.